The first kappa shape index (κ1) is 12.0. The Morgan fingerprint density at radius 2 is 2.05 bits per heavy atom. The number of benzene rings is 1. The molecule has 0 fully saturated rings. The molecule has 0 saturated heterocycles. The third-order valence-electron chi connectivity index (χ3n) is 3.65. The zero-order chi connectivity index (χ0) is 13.4. The van der Waals surface area contributed by atoms with Gasteiger partial charge in [0.15, 0.2) is 0 Å². The summed E-state index contributed by atoms with van der Waals surface area (Å²) in [6.07, 6.45) is 3.12. The summed E-state index contributed by atoms with van der Waals surface area (Å²) in [5.74, 6) is 7.18. The highest BCUT2D eigenvalue weighted by Crippen LogP contribution is 2.40. The standard InChI is InChI=1S/C14H17N3O2/c1-18-8-6-11-13(12(7-8)19-2)14(17-15)9-4-3-5-10(9)16-11/h6-7H,3-5,15H2,1-2H3,(H,16,17). The predicted molar refractivity (Wildman–Crippen MR) is 74.7 cm³/mol. The van der Waals surface area contributed by atoms with E-state index in [1.807, 2.05) is 12.1 Å². The lowest BCUT2D eigenvalue weighted by Gasteiger charge is -2.15. The first-order valence-corrected chi connectivity index (χ1v) is 6.32. The molecule has 1 heterocycles. The Balaban J connectivity index is 2.39. The molecule has 0 atom stereocenters. The molecule has 1 aliphatic carbocycles. The van der Waals surface area contributed by atoms with Crippen LogP contribution in [0, 0.1) is 0 Å². The van der Waals surface area contributed by atoms with E-state index in [-0.39, 0.29) is 0 Å². The van der Waals surface area contributed by atoms with Crippen LogP contribution in [0.2, 0.25) is 0 Å². The summed E-state index contributed by atoms with van der Waals surface area (Å²) in [7, 11) is 3.28. The van der Waals surface area contributed by atoms with Crippen molar-refractivity contribution in [1.29, 1.82) is 0 Å². The fourth-order valence-corrected chi connectivity index (χ4v) is 2.77. The van der Waals surface area contributed by atoms with Gasteiger partial charge in [0.25, 0.3) is 0 Å². The number of aryl methyl sites for hydroxylation is 1. The molecular formula is C14H17N3O2. The van der Waals surface area contributed by atoms with Gasteiger partial charge in [0, 0.05) is 17.8 Å². The van der Waals surface area contributed by atoms with Crippen molar-refractivity contribution in [3.63, 3.8) is 0 Å². The van der Waals surface area contributed by atoms with Crippen LogP contribution < -0.4 is 20.7 Å². The van der Waals surface area contributed by atoms with Crippen LogP contribution in [0.3, 0.4) is 0 Å². The molecule has 5 nitrogen and oxygen atoms in total. The number of hydrazine groups is 1. The second-order valence-corrected chi connectivity index (χ2v) is 4.63. The van der Waals surface area contributed by atoms with Gasteiger partial charge in [-0.1, -0.05) is 0 Å². The van der Waals surface area contributed by atoms with Crippen molar-refractivity contribution in [3.05, 3.63) is 23.4 Å². The molecule has 19 heavy (non-hydrogen) atoms. The number of hydrogen-bond donors (Lipinski definition) is 2. The van der Waals surface area contributed by atoms with E-state index in [1.54, 1.807) is 14.2 Å². The van der Waals surface area contributed by atoms with E-state index in [9.17, 15) is 0 Å². The Morgan fingerprint density at radius 1 is 1.21 bits per heavy atom. The lowest BCUT2D eigenvalue weighted by molar-refractivity contribution is 0.398. The summed E-state index contributed by atoms with van der Waals surface area (Å²) in [5.41, 5.74) is 6.93. The minimum absolute atomic E-state index is 0.726. The number of pyridine rings is 1. The van der Waals surface area contributed by atoms with Crippen molar-refractivity contribution in [2.24, 2.45) is 5.84 Å². The molecule has 2 aromatic rings. The van der Waals surface area contributed by atoms with Gasteiger partial charge in [0.2, 0.25) is 0 Å². The SMILES string of the molecule is COc1cc(OC)c2c(NN)c3c(nc2c1)CCC3. The molecule has 0 amide bonds. The maximum Gasteiger partial charge on any atom is 0.134 e. The Morgan fingerprint density at radius 3 is 2.74 bits per heavy atom. The number of ether oxygens (including phenoxy) is 2. The first-order valence-electron chi connectivity index (χ1n) is 6.32. The molecule has 5 heteroatoms. The topological polar surface area (TPSA) is 69.4 Å². The van der Waals surface area contributed by atoms with Gasteiger partial charge < -0.3 is 14.9 Å². The van der Waals surface area contributed by atoms with E-state index >= 15 is 0 Å². The summed E-state index contributed by atoms with van der Waals surface area (Å²) in [6.45, 7) is 0. The number of nitrogens with two attached hydrogens (primary N) is 1. The monoisotopic (exact) mass is 259 g/mol. The number of nitrogens with zero attached hydrogens (tertiary/aromatic N) is 1. The molecule has 100 valence electrons. The number of rotatable bonds is 3. The van der Waals surface area contributed by atoms with Crippen LogP contribution in [0.4, 0.5) is 5.69 Å². The number of methoxy groups -OCH3 is 2. The quantitative estimate of drug-likeness (QED) is 0.652. The van der Waals surface area contributed by atoms with Crippen LogP contribution in [-0.2, 0) is 12.8 Å². The predicted octanol–water partition coefficient (Wildman–Crippen LogP) is 2.03. The van der Waals surface area contributed by atoms with Gasteiger partial charge in [0.05, 0.1) is 30.8 Å². The van der Waals surface area contributed by atoms with E-state index < -0.39 is 0 Å². The van der Waals surface area contributed by atoms with E-state index in [4.69, 9.17) is 20.3 Å². The summed E-state index contributed by atoms with van der Waals surface area (Å²) in [4.78, 5) is 4.73. The minimum Gasteiger partial charge on any atom is -0.497 e. The molecular weight excluding hydrogens is 242 g/mol. The maximum atomic E-state index is 5.72. The van der Waals surface area contributed by atoms with Gasteiger partial charge in [-0.15, -0.1) is 0 Å². The number of nitrogen functional groups attached to an aromatic ring is 1. The van der Waals surface area contributed by atoms with Crippen LogP contribution >= 0.6 is 0 Å². The minimum atomic E-state index is 0.726. The van der Waals surface area contributed by atoms with Gasteiger partial charge in [-0.3, -0.25) is 10.8 Å². The Hall–Kier alpha value is -2.01. The van der Waals surface area contributed by atoms with Crippen molar-refractivity contribution in [2.45, 2.75) is 19.3 Å². The molecule has 1 aromatic heterocycles. The highest BCUT2D eigenvalue weighted by molar-refractivity contribution is 5.99. The van der Waals surface area contributed by atoms with Gasteiger partial charge >= 0.3 is 0 Å². The molecule has 1 aromatic carbocycles. The van der Waals surface area contributed by atoms with Crippen LogP contribution in [0.15, 0.2) is 12.1 Å². The van der Waals surface area contributed by atoms with Crippen LogP contribution in [-0.4, -0.2) is 19.2 Å². The highest BCUT2D eigenvalue weighted by atomic mass is 16.5. The van der Waals surface area contributed by atoms with Crippen molar-refractivity contribution < 1.29 is 9.47 Å². The van der Waals surface area contributed by atoms with Crippen LogP contribution in [0.25, 0.3) is 10.9 Å². The zero-order valence-corrected chi connectivity index (χ0v) is 11.1. The van der Waals surface area contributed by atoms with Crippen LogP contribution in [0.1, 0.15) is 17.7 Å². The molecule has 0 radical (unpaired) electrons. The summed E-state index contributed by atoms with van der Waals surface area (Å²) < 4.78 is 10.7. The van der Waals surface area contributed by atoms with Gasteiger partial charge in [-0.05, 0) is 24.8 Å². The average molecular weight is 259 g/mol. The molecule has 0 bridgehead atoms. The highest BCUT2D eigenvalue weighted by Gasteiger charge is 2.21. The Bertz CT molecular complexity index is 640. The summed E-state index contributed by atoms with van der Waals surface area (Å²) in [5, 5.41) is 0.923. The van der Waals surface area contributed by atoms with Gasteiger partial charge in [0.1, 0.15) is 11.5 Å². The Kier molecular flexibility index (Phi) is 2.91. The van der Waals surface area contributed by atoms with E-state index in [0.29, 0.717) is 0 Å². The molecule has 0 unspecified atom stereocenters. The maximum absolute atomic E-state index is 5.72. The molecule has 3 N–H and O–H groups in total. The molecule has 0 aliphatic heterocycles. The first-order chi connectivity index (χ1) is 9.28. The fraction of sp³-hybridized carbons (Fsp3) is 0.357. The molecule has 0 saturated carbocycles. The van der Waals surface area contributed by atoms with E-state index in [0.717, 1.165) is 53.0 Å². The molecule has 1 aliphatic rings. The van der Waals surface area contributed by atoms with Gasteiger partial charge in [-0.25, -0.2) is 0 Å². The third kappa shape index (κ3) is 1.77. The number of anilines is 1. The zero-order valence-electron chi connectivity index (χ0n) is 11.1. The number of aromatic nitrogens is 1. The van der Waals surface area contributed by atoms with Crippen molar-refractivity contribution in [2.75, 3.05) is 19.6 Å². The van der Waals surface area contributed by atoms with Crippen molar-refractivity contribution in [3.8, 4) is 11.5 Å². The second-order valence-electron chi connectivity index (χ2n) is 4.63. The van der Waals surface area contributed by atoms with Gasteiger partial charge in [-0.2, -0.15) is 0 Å². The lowest BCUT2D eigenvalue weighted by atomic mass is 10.1. The summed E-state index contributed by atoms with van der Waals surface area (Å²) in [6, 6.07) is 3.77. The normalized spacial score (nSPS) is 13.4. The smallest absolute Gasteiger partial charge is 0.134 e. The largest absolute Gasteiger partial charge is 0.497 e. The Labute approximate surface area is 111 Å². The fourth-order valence-electron chi connectivity index (χ4n) is 2.77. The lowest BCUT2D eigenvalue weighted by Crippen LogP contribution is -2.11. The third-order valence-corrected chi connectivity index (χ3v) is 3.65. The van der Waals surface area contributed by atoms with Crippen LogP contribution in [0.5, 0.6) is 11.5 Å². The molecule has 3 rings (SSSR count). The van der Waals surface area contributed by atoms with Crippen molar-refractivity contribution in [1.82, 2.24) is 4.98 Å². The van der Waals surface area contributed by atoms with E-state index in [2.05, 4.69) is 5.43 Å². The second kappa shape index (κ2) is 4.59. The summed E-state index contributed by atoms with van der Waals surface area (Å²) >= 11 is 0. The van der Waals surface area contributed by atoms with E-state index in [1.165, 1.54) is 5.56 Å². The number of fused-ring (bicyclic) bond motifs is 2. The average Bonchev–Trinajstić information content (AvgIpc) is 2.91. The number of nitrogens with one attached hydrogen (secondary N) is 1. The molecule has 0 spiro atoms. The van der Waals surface area contributed by atoms with Crippen molar-refractivity contribution >= 4 is 16.6 Å². The number of hydrogen-bond acceptors (Lipinski definition) is 5.